The largest absolute Gasteiger partial charge is 0.354 e. The molecule has 1 aromatic rings. The molecular formula is C19H19N3. The zero-order valence-electron chi connectivity index (χ0n) is 12.5. The quantitative estimate of drug-likeness (QED) is 0.916. The van der Waals surface area contributed by atoms with Crippen molar-refractivity contribution in [3.63, 3.8) is 0 Å². The first-order valence-corrected chi connectivity index (χ1v) is 7.81. The lowest BCUT2D eigenvalue weighted by molar-refractivity contribution is 0.524. The highest BCUT2D eigenvalue weighted by molar-refractivity contribution is 5.72. The van der Waals surface area contributed by atoms with Gasteiger partial charge >= 0.3 is 0 Å². The summed E-state index contributed by atoms with van der Waals surface area (Å²) in [7, 11) is 0. The Morgan fingerprint density at radius 1 is 1.18 bits per heavy atom. The average molecular weight is 289 g/mol. The molecule has 0 unspecified atom stereocenters. The van der Waals surface area contributed by atoms with Crippen molar-refractivity contribution in [1.29, 1.82) is 0 Å². The van der Waals surface area contributed by atoms with E-state index in [1.807, 2.05) is 12.3 Å². The van der Waals surface area contributed by atoms with E-state index in [1.54, 1.807) is 0 Å². The highest BCUT2D eigenvalue weighted by Crippen LogP contribution is 2.30. The molecule has 3 heteroatoms. The maximum Gasteiger partial charge on any atom is 0.152 e. The molecule has 0 saturated carbocycles. The third-order valence-corrected chi connectivity index (χ3v) is 4.19. The first-order chi connectivity index (χ1) is 10.9. The zero-order chi connectivity index (χ0) is 14.8. The maximum atomic E-state index is 4.56. The van der Waals surface area contributed by atoms with Crippen LogP contribution in [-0.2, 0) is 0 Å². The molecule has 0 atom stereocenters. The number of nitrogens with zero attached hydrogens (tertiary/aromatic N) is 2. The minimum Gasteiger partial charge on any atom is -0.354 e. The van der Waals surface area contributed by atoms with Gasteiger partial charge in [-0.1, -0.05) is 54.1 Å². The van der Waals surface area contributed by atoms with Gasteiger partial charge in [0.25, 0.3) is 0 Å². The molecule has 3 aliphatic rings. The lowest BCUT2D eigenvalue weighted by Crippen LogP contribution is -2.27. The molecule has 22 heavy (non-hydrogen) atoms. The van der Waals surface area contributed by atoms with Gasteiger partial charge in [-0.05, 0) is 18.4 Å². The molecule has 0 radical (unpaired) electrons. The van der Waals surface area contributed by atoms with E-state index in [4.69, 9.17) is 0 Å². The molecule has 0 bridgehead atoms. The second-order valence-corrected chi connectivity index (χ2v) is 5.77. The molecule has 0 spiro atoms. The number of hydrogen-bond acceptors (Lipinski definition) is 3. The molecule has 110 valence electrons. The Labute approximate surface area is 131 Å². The number of rotatable bonds is 3. The zero-order valence-corrected chi connectivity index (χ0v) is 12.5. The number of benzene rings is 1. The third kappa shape index (κ3) is 2.50. The molecule has 0 aromatic heterocycles. The van der Waals surface area contributed by atoms with Crippen LogP contribution in [-0.4, -0.2) is 17.7 Å². The molecule has 0 amide bonds. The van der Waals surface area contributed by atoms with Crippen molar-refractivity contribution in [3.8, 4) is 0 Å². The van der Waals surface area contributed by atoms with Crippen LogP contribution in [0.3, 0.4) is 0 Å². The van der Waals surface area contributed by atoms with Crippen LogP contribution in [0.5, 0.6) is 0 Å². The molecule has 2 heterocycles. The van der Waals surface area contributed by atoms with E-state index in [0.29, 0.717) is 0 Å². The van der Waals surface area contributed by atoms with Crippen molar-refractivity contribution in [1.82, 2.24) is 10.2 Å². The minimum absolute atomic E-state index is 0.857. The molecule has 1 aliphatic carbocycles. The Balaban J connectivity index is 1.63. The predicted molar refractivity (Wildman–Crippen MR) is 90.9 cm³/mol. The van der Waals surface area contributed by atoms with E-state index in [-0.39, 0.29) is 0 Å². The van der Waals surface area contributed by atoms with Gasteiger partial charge in [0.15, 0.2) is 5.82 Å². The number of allylic oxidation sites excluding steroid dienone is 4. The summed E-state index contributed by atoms with van der Waals surface area (Å²) >= 11 is 0. The van der Waals surface area contributed by atoms with Gasteiger partial charge in [-0.25, -0.2) is 4.99 Å². The van der Waals surface area contributed by atoms with Gasteiger partial charge in [-0.3, -0.25) is 0 Å². The summed E-state index contributed by atoms with van der Waals surface area (Å²) < 4.78 is 0. The summed E-state index contributed by atoms with van der Waals surface area (Å²) in [5, 5.41) is 3.61. The number of fused-ring (bicyclic) bond motifs is 1. The number of aliphatic imine (C=N–C) groups is 1. The van der Waals surface area contributed by atoms with E-state index in [2.05, 4.69) is 63.9 Å². The van der Waals surface area contributed by atoms with Crippen LogP contribution in [0.1, 0.15) is 24.8 Å². The van der Waals surface area contributed by atoms with Crippen LogP contribution in [0.4, 0.5) is 0 Å². The monoisotopic (exact) mass is 289 g/mol. The van der Waals surface area contributed by atoms with Gasteiger partial charge in [0, 0.05) is 18.8 Å². The van der Waals surface area contributed by atoms with Crippen LogP contribution in [0.15, 0.2) is 76.8 Å². The smallest absolute Gasteiger partial charge is 0.152 e. The van der Waals surface area contributed by atoms with Crippen LogP contribution in [0.25, 0.3) is 5.70 Å². The van der Waals surface area contributed by atoms with E-state index in [1.165, 1.54) is 16.8 Å². The van der Waals surface area contributed by atoms with Crippen molar-refractivity contribution >= 4 is 11.9 Å². The van der Waals surface area contributed by atoms with E-state index in [0.717, 1.165) is 37.3 Å². The highest BCUT2D eigenvalue weighted by Gasteiger charge is 2.23. The van der Waals surface area contributed by atoms with Gasteiger partial charge in [-0.2, -0.15) is 0 Å². The Morgan fingerprint density at radius 2 is 2.09 bits per heavy atom. The fourth-order valence-electron chi connectivity index (χ4n) is 3.06. The molecule has 0 saturated heterocycles. The standard InChI is InChI=1S/C19H19N3/c1-3-7-15(8-4-1)13-17-19-20-11-12-22(19)14-18(21-17)16-9-5-2-6-10-16/h1-3,5-7,9-11,14,21H,4,8,12-13H2. The molecule has 1 aromatic carbocycles. The fraction of sp³-hybridized carbons (Fsp3) is 0.211. The van der Waals surface area contributed by atoms with Gasteiger partial charge < -0.3 is 10.2 Å². The van der Waals surface area contributed by atoms with E-state index < -0.39 is 0 Å². The first-order valence-electron chi connectivity index (χ1n) is 7.81. The molecular weight excluding hydrogens is 270 g/mol. The van der Waals surface area contributed by atoms with Crippen molar-refractivity contribution < 1.29 is 0 Å². The van der Waals surface area contributed by atoms with Crippen molar-refractivity contribution in [3.05, 3.63) is 77.4 Å². The van der Waals surface area contributed by atoms with Gasteiger partial charge in [-0.15, -0.1) is 0 Å². The average Bonchev–Trinajstić information content (AvgIpc) is 3.05. The molecule has 1 N–H and O–H groups in total. The maximum absolute atomic E-state index is 4.56. The van der Waals surface area contributed by atoms with Gasteiger partial charge in [0.05, 0.1) is 17.9 Å². The number of nitrogens with one attached hydrogen (secondary N) is 1. The minimum atomic E-state index is 0.857. The molecule has 3 nitrogen and oxygen atoms in total. The normalized spacial score (nSPS) is 19.7. The van der Waals surface area contributed by atoms with Crippen LogP contribution in [0, 0.1) is 0 Å². The summed E-state index contributed by atoms with van der Waals surface area (Å²) in [5.41, 5.74) is 5.03. The van der Waals surface area contributed by atoms with Crippen molar-refractivity contribution in [2.24, 2.45) is 4.99 Å². The Hall–Kier alpha value is -2.55. The van der Waals surface area contributed by atoms with E-state index in [9.17, 15) is 0 Å². The van der Waals surface area contributed by atoms with Crippen LogP contribution in [0.2, 0.25) is 0 Å². The van der Waals surface area contributed by atoms with Crippen molar-refractivity contribution in [2.75, 3.05) is 6.54 Å². The Morgan fingerprint density at radius 3 is 2.91 bits per heavy atom. The summed E-state index contributed by atoms with van der Waals surface area (Å²) in [4.78, 5) is 6.79. The third-order valence-electron chi connectivity index (χ3n) is 4.19. The molecule has 2 aliphatic heterocycles. The lowest BCUT2D eigenvalue weighted by Gasteiger charge is -2.28. The summed E-state index contributed by atoms with van der Waals surface area (Å²) in [6, 6.07) is 10.5. The topological polar surface area (TPSA) is 27.6 Å². The van der Waals surface area contributed by atoms with Crippen LogP contribution < -0.4 is 5.32 Å². The summed E-state index contributed by atoms with van der Waals surface area (Å²) in [6.45, 7) is 0.857. The number of hydrogen-bond donors (Lipinski definition) is 1. The highest BCUT2D eigenvalue weighted by atomic mass is 15.3. The SMILES string of the molecule is C1=CCCC(CC2=C3N=CCN3C=C(c3ccccc3)N2)=C1. The second-order valence-electron chi connectivity index (χ2n) is 5.77. The first kappa shape index (κ1) is 13.1. The summed E-state index contributed by atoms with van der Waals surface area (Å²) in [6.07, 6.45) is 14.0. The molecule has 0 fully saturated rings. The lowest BCUT2D eigenvalue weighted by atomic mass is 9.99. The fourth-order valence-corrected chi connectivity index (χ4v) is 3.06. The Bertz CT molecular complexity index is 720. The van der Waals surface area contributed by atoms with Gasteiger partial charge in [0.1, 0.15) is 0 Å². The summed E-state index contributed by atoms with van der Waals surface area (Å²) in [5.74, 6) is 1.06. The Kier molecular flexibility index (Phi) is 3.39. The molecule has 4 rings (SSSR count). The predicted octanol–water partition coefficient (Wildman–Crippen LogP) is 3.81. The van der Waals surface area contributed by atoms with Crippen LogP contribution >= 0.6 is 0 Å². The second kappa shape index (κ2) is 5.68. The van der Waals surface area contributed by atoms with E-state index >= 15 is 0 Å². The van der Waals surface area contributed by atoms with Crippen molar-refractivity contribution in [2.45, 2.75) is 19.3 Å². The van der Waals surface area contributed by atoms with Gasteiger partial charge in [0.2, 0.25) is 0 Å².